The molecule has 0 saturated carbocycles. The minimum absolute atomic E-state index is 0.319. The highest BCUT2D eigenvalue weighted by molar-refractivity contribution is 5.47. The molecular weight excluding hydrogens is 248 g/mol. The van der Waals surface area contributed by atoms with E-state index < -0.39 is 17.7 Å². The van der Waals surface area contributed by atoms with Gasteiger partial charge in [-0.1, -0.05) is 18.2 Å². The monoisotopic (exact) mass is 263 g/mol. The van der Waals surface area contributed by atoms with Gasteiger partial charge in [0, 0.05) is 19.8 Å². The molecule has 2 rings (SSSR count). The van der Waals surface area contributed by atoms with E-state index >= 15 is 0 Å². The lowest BCUT2D eigenvalue weighted by Crippen LogP contribution is -2.09. The Kier molecular flexibility index (Phi) is 3.81. The van der Waals surface area contributed by atoms with Crippen LogP contribution < -0.4 is 4.90 Å². The van der Waals surface area contributed by atoms with Crippen LogP contribution in [0, 0.1) is 11.6 Å². The Bertz CT molecular complexity index is 547. The summed E-state index contributed by atoms with van der Waals surface area (Å²) in [7, 11) is 3.78. The zero-order valence-corrected chi connectivity index (χ0v) is 10.8. The van der Waals surface area contributed by atoms with Gasteiger partial charge in [0.1, 0.15) is 17.7 Å². The fourth-order valence-electron chi connectivity index (χ4n) is 1.89. The van der Waals surface area contributed by atoms with Crippen molar-refractivity contribution in [3.05, 3.63) is 65.2 Å². The first-order chi connectivity index (χ1) is 9.00. The third-order valence-corrected chi connectivity index (χ3v) is 3.00. The molecule has 1 N–H and O–H groups in total. The highest BCUT2D eigenvalue weighted by Gasteiger charge is 2.19. The van der Waals surface area contributed by atoms with Crippen molar-refractivity contribution in [3.63, 3.8) is 0 Å². The molecule has 0 aliphatic carbocycles. The number of aliphatic hydroxyl groups is 1. The first-order valence-corrected chi connectivity index (χ1v) is 5.90. The van der Waals surface area contributed by atoms with Crippen molar-refractivity contribution in [2.45, 2.75) is 6.10 Å². The van der Waals surface area contributed by atoms with Gasteiger partial charge < -0.3 is 10.0 Å². The summed E-state index contributed by atoms with van der Waals surface area (Å²) in [5.41, 5.74) is 1.08. The molecule has 0 heterocycles. The number of hydrogen-bond acceptors (Lipinski definition) is 2. The summed E-state index contributed by atoms with van der Waals surface area (Å²) in [6.07, 6.45) is -1.31. The van der Waals surface area contributed by atoms with Gasteiger partial charge in [0.2, 0.25) is 0 Å². The summed E-state index contributed by atoms with van der Waals surface area (Å²) in [6.45, 7) is 0. The zero-order chi connectivity index (χ0) is 14.0. The number of nitrogens with zero attached hydrogens (tertiary/aromatic N) is 1. The van der Waals surface area contributed by atoms with Gasteiger partial charge in [-0.05, 0) is 29.8 Å². The number of halogens is 2. The minimum atomic E-state index is -1.31. The average molecular weight is 263 g/mol. The van der Waals surface area contributed by atoms with Crippen LogP contribution in [0.25, 0.3) is 0 Å². The molecule has 0 spiro atoms. The molecule has 2 aromatic carbocycles. The molecule has 0 aliphatic heterocycles. The Labute approximate surface area is 110 Å². The number of rotatable bonds is 3. The Balaban J connectivity index is 2.36. The summed E-state index contributed by atoms with van der Waals surface area (Å²) >= 11 is 0. The van der Waals surface area contributed by atoms with Crippen molar-refractivity contribution < 1.29 is 13.9 Å². The van der Waals surface area contributed by atoms with Crippen LogP contribution in [0.5, 0.6) is 0 Å². The van der Waals surface area contributed by atoms with E-state index in [0.717, 1.165) is 17.8 Å². The Morgan fingerprint density at radius 2 is 1.47 bits per heavy atom. The average Bonchev–Trinajstić information content (AvgIpc) is 2.38. The molecule has 0 aliphatic rings. The molecule has 2 aromatic rings. The normalized spacial score (nSPS) is 12.3. The van der Waals surface area contributed by atoms with Crippen molar-refractivity contribution >= 4 is 5.69 Å². The van der Waals surface area contributed by atoms with E-state index in [1.807, 2.05) is 19.0 Å². The van der Waals surface area contributed by atoms with Crippen molar-refractivity contribution in [2.24, 2.45) is 0 Å². The van der Waals surface area contributed by atoms with Crippen molar-refractivity contribution in [2.75, 3.05) is 19.0 Å². The van der Waals surface area contributed by atoms with E-state index in [4.69, 9.17) is 0 Å². The van der Waals surface area contributed by atoms with E-state index in [9.17, 15) is 13.9 Å². The molecule has 0 aromatic heterocycles. The highest BCUT2D eigenvalue weighted by Crippen LogP contribution is 2.27. The van der Waals surface area contributed by atoms with E-state index in [1.165, 1.54) is 6.07 Å². The second kappa shape index (κ2) is 5.36. The fraction of sp³-hybridized carbons (Fsp3) is 0.200. The fourth-order valence-corrected chi connectivity index (χ4v) is 1.89. The molecule has 4 heteroatoms. The van der Waals surface area contributed by atoms with E-state index in [1.54, 1.807) is 24.3 Å². The van der Waals surface area contributed by atoms with Crippen LogP contribution in [-0.4, -0.2) is 19.2 Å². The summed E-state index contributed by atoms with van der Waals surface area (Å²) in [4.78, 5) is 1.90. The summed E-state index contributed by atoms with van der Waals surface area (Å²) < 4.78 is 27.2. The molecule has 0 radical (unpaired) electrons. The van der Waals surface area contributed by atoms with Gasteiger partial charge in [-0.2, -0.15) is 0 Å². The predicted molar refractivity (Wildman–Crippen MR) is 71.2 cm³/mol. The van der Waals surface area contributed by atoms with Crippen LogP contribution in [-0.2, 0) is 0 Å². The second-order valence-electron chi connectivity index (χ2n) is 4.52. The van der Waals surface area contributed by atoms with Gasteiger partial charge in [0.05, 0.1) is 5.56 Å². The van der Waals surface area contributed by atoms with Gasteiger partial charge >= 0.3 is 0 Å². The van der Waals surface area contributed by atoms with Crippen LogP contribution in [0.3, 0.4) is 0 Å². The smallest absolute Gasteiger partial charge is 0.132 e. The van der Waals surface area contributed by atoms with Crippen LogP contribution in [0.4, 0.5) is 14.5 Å². The number of anilines is 1. The molecule has 2 nitrogen and oxygen atoms in total. The van der Waals surface area contributed by atoms with Crippen molar-refractivity contribution in [1.29, 1.82) is 0 Å². The number of benzene rings is 2. The Hall–Kier alpha value is -1.94. The first kappa shape index (κ1) is 13.5. The van der Waals surface area contributed by atoms with Gasteiger partial charge in [-0.3, -0.25) is 0 Å². The summed E-state index contributed by atoms with van der Waals surface area (Å²) in [5, 5.41) is 10.1. The largest absolute Gasteiger partial charge is 0.383 e. The first-order valence-electron chi connectivity index (χ1n) is 5.90. The molecule has 0 amide bonds. The molecule has 19 heavy (non-hydrogen) atoms. The second-order valence-corrected chi connectivity index (χ2v) is 4.52. The maximum Gasteiger partial charge on any atom is 0.132 e. The topological polar surface area (TPSA) is 23.5 Å². The van der Waals surface area contributed by atoms with Gasteiger partial charge in [-0.25, -0.2) is 8.78 Å². The van der Waals surface area contributed by atoms with E-state index in [-0.39, 0.29) is 5.56 Å². The molecular formula is C15H15F2NO. The lowest BCUT2D eigenvalue weighted by Gasteiger charge is -2.16. The molecule has 100 valence electrons. The summed E-state index contributed by atoms with van der Waals surface area (Å²) in [5.74, 6) is -1.49. The van der Waals surface area contributed by atoms with Crippen LogP contribution in [0.1, 0.15) is 17.2 Å². The van der Waals surface area contributed by atoms with Gasteiger partial charge in [-0.15, -0.1) is 0 Å². The highest BCUT2D eigenvalue weighted by atomic mass is 19.1. The maximum absolute atomic E-state index is 13.6. The quantitative estimate of drug-likeness (QED) is 0.919. The summed E-state index contributed by atoms with van der Waals surface area (Å²) in [6, 6.07) is 10.4. The third kappa shape index (κ3) is 2.74. The molecule has 0 fully saturated rings. The molecule has 1 atom stereocenters. The lowest BCUT2D eigenvalue weighted by atomic mass is 10.00. The number of aliphatic hydroxyl groups excluding tert-OH is 1. The lowest BCUT2D eigenvalue weighted by molar-refractivity contribution is 0.209. The Morgan fingerprint density at radius 3 is 1.95 bits per heavy atom. The maximum atomic E-state index is 13.6. The van der Waals surface area contributed by atoms with E-state index in [2.05, 4.69) is 0 Å². The minimum Gasteiger partial charge on any atom is -0.383 e. The SMILES string of the molecule is CN(C)c1ccc(C(O)c2c(F)cccc2F)cc1. The van der Waals surface area contributed by atoms with Gasteiger partial charge in [0.15, 0.2) is 0 Å². The van der Waals surface area contributed by atoms with Crippen LogP contribution in [0.2, 0.25) is 0 Å². The van der Waals surface area contributed by atoms with E-state index in [0.29, 0.717) is 5.56 Å². The standard InChI is InChI=1S/C15H15F2NO/c1-18(2)11-8-6-10(7-9-11)15(19)14-12(16)4-3-5-13(14)17/h3-9,15,19H,1-2H3. The zero-order valence-electron chi connectivity index (χ0n) is 10.8. The molecule has 1 unspecified atom stereocenters. The van der Waals surface area contributed by atoms with Crippen molar-refractivity contribution in [3.8, 4) is 0 Å². The predicted octanol–water partition coefficient (Wildman–Crippen LogP) is 3.11. The van der Waals surface area contributed by atoms with Crippen molar-refractivity contribution in [1.82, 2.24) is 0 Å². The van der Waals surface area contributed by atoms with Crippen LogP contribution >= 0.6 is 0 Å². The van der Waals surface area contributed by atoms with Gasteiger partial charge in [0.25, 0.3) is 0 Å². The molecule has 0 bridgehead atoms. The molecule has 0 saturated heterocycles. The Morgan fingerprint density at radius 1 is 0.947 bits per heavy atom. The third-order valence-electron chi connectivity index (χ3n) is 3.00. The van der Waals surface area contributed by atoms with Crippen LogP contribution in [0.15, 0.2) is 42.5 Å². The number of hydrogen-bond donors (Lipinski definition) is 1.